The Morgan fingerprint density at radius 2 is 2.50 bits per heavy atom. The van der Waals surface area contributed by atoms with Gasteiger partial charge in [-0.05, 0) is 44.4 Å². The number of nitrogens with zero attached hydrogens (tertiary/aromatic N) is 1. The fourth-order valence-electron chi connectivity index (χ4n) is 2.74. The second-order valence-corrected chi connectivity index (χ2v) is 5.15. The molecule has 2 unspecified atom stereocenters. The molecule has 2 heterocycles. The Morgan fingerprint density at radius 1 is 1.67 bits per heavy atom. The minimum atomic E-state index is 0.0871. The van der Waals surface area contributed by atoms with Crippen molar-refractivity contribution in [3.63, 3.8) is 0 Å². The lowest BCUT2D eigenvalue weighted by Crippen LogP contribution is -2.35. The number of aromatic nitrogens is 1. The molecule has 0 aromatic carbocycles. The molecule has 18 heavy (non-hydrogen) atoms. The molecule has 1 amide bonds. The van der Waals surface area contributed by atoms with Gasteiger partial charge in [-0.1, -0.05) is 6.92 Å². The minimum Gasteiger partial charge on any atom is -0.363 e. The normalized spacial score (nSPS) is 21.2. The third-order valence-electron chi connectivity index (χ3n) is 3.78. The summed E-state index contributed by atoms with van der Waals surface area (Å²) in [7, 11) is 0. The van der Waals surface area contributed by atoms with E-state index >= 15 is 0 Å². The predicted octanol–water partition coefficient (Wildman–Crippen LogP) is 2.05. The Morgan fingerprint density at radius 3 is 3.17 bits per heavy atom. The van der Waals surface area contributed by atoms with Crippen molar-refractivity contribution in [2.75, 3.05) is 13.1 Å². The topological polar surface area (TPSA) is 62.1 Å². The second-order valence-electron chi connectivity index (χ2n) is 5.15. The maximum Gasteiger partial charge on any atom is 0.225 e. The molecule has 2 rings (SSSR count). The molecule has 0 spiro atoms. The van der Waals surface area contributed by atoms with E-state index in [9.17, 15) is 4.79 Å². The first-order valence-corrected chi connectivity index (χ1v) is 6.88. The van der Waals surface area contributed by atoms with Gasteiger partial charge in [0.25, 0.3) is 0 Å². The van der Waals surface area contributed by atoms with Crippen molar-refractivity contribution in [1.29, 1.82) is 0 Å². The zero-order chi connectivity index (χ0) is 13.0. The number of likely N-dealkylation sites (tertiary alicyclic amines) is 1. The lowest BCUT2D eigenvalue weighted by atomic mass is 10.0. The smallest absolute Gasteiger partial charge is 0.225 e. The highest BCUT2D eigenvalue weighted by molar-refractivity contribution is 5.79. The average Bonchev–Trinajstić information content (AvgIpc) is 3.03. The molecule has 1 aliphatic heterocycles. The van der Waals surface area contributed by atoms with Gasteiger partial charge in [-0.3, -0.25) is 4.79 Å². The Bertz CT molecular complexity index is 374. The van der Waals surface area contributed by atoms with Crippen LogP contribution in [0.25, 0.3) is 0 Å². The summed E-state index contributed by atoms with van der Waals surface area (Å²) in [5.74, 6) is 0.365. The van der Waals surface area contributed by atoms with Crippen molar-refractivity contribution in [3.05, 3.63) is 24.0 Å². The number of rotatable bonds is 5. The first-order chi connectivity index (χ1) is 8.74. The van der Waals surface area contributed by atoms with Crippen molar-refractivity contribution >= 4 is 5.91 Å². The van der Waals surface area contributed by atoms with Crippen molar-refractivity contribution in [2.45, 2.75) is 38.6 Å². The number of hydrogen-bond acceptors (Lipinski definition) is 2. The minimum absolute atomic E-state index is 0.0871. The van der Waals surface area contributed by atoms with Crippen LogP contribution in [0.5, 0.6) is 0 Å². The van der Waals surface area contributed by atoms with Gasteiger partial charge in [0, 0.05) is 24.4 Å². The number of carbonyl (C=O) groups excluding carboxylic acids is 1. The Balaban J connectivity index is 2.00. The van der Waals surface area contributed by atoms with Crippen LogP contribution in [0.1, 0.15) is 44.3 Å². The van der Waals surface area contributed by atoms with Crippen molar-refractivity contribution < 1.29 is 4.79 Å². The summed E-state index contributed by atoms with van der Waals surface area (Å²) in [5.41, 5.74) is 6.66. The van der Waals surface area contributed by atoms with Gasteiger partial charge in [0.1, 0.15) is 0 Å². The summed E-state index contributed by atoms with van der Waals surface area (Å²) in [6, 6.07) is 4.31. The Labute approximate surface area is 109 Å². The number of nitrogens with one attached hydrogen (secondary N) is 1. The number of carbonyl (C=O) groups is 1. The average molecular weight is 249 g/mol. The number of aromatic amines is 1. The SMILES string of the molecule is CC(CCCN)C(=O)N1CCCC1c1ccc[nH]1. The van der Waals surface area contributed by atoms with Gasteiger partial charge < -0.3 is 15.6 Å². The Kier molecular flexibility index (Phi) is 4.42. The molecule has 0 bridgehead atoms. The Hall–Kier alpha value is -1.29. The summed E-state index contributed by atoms with van der Waals surface area (Å²) in [4.78, 5) is 17.7. The van der Waals surface area contributed by atoms with E-state index in [-0.39, 0.29) is 17.9 Å². The second kappa shape index (κ2) is 6.05. The summed E-state index contributed by atoms with van der Waals surface area (Å²) in [6.07, 6.45) is 5.90. The molecule has 0 radical (unpaired) electrons. The lowest BCUT2D eigenvalue weighted by molar-refractivity contribution is -0.136. The largest absolute Gasteiger partial charge is 0.363 e. The maximum atomic E-state index is 12.4. The van der Waals surface area contributed by atoms with E-state index in [1.54, 1.807) is 0 Å². The van der Waals surface area contributed by atoms with Crippen LogP contribution in [-0.2, 0) is 4.79 Å². The highest BCUT2D eigenvalue weighted by Crippen LogP contribution is 2.32. The van der Waals surface area contributed by atoms with E-state index in [1.807, 2.05) is 24.1 Å². The number of nitrogens with two attached hydrogens (primary N) is 1. The third kappa shape index (κ3) is 2.75. The first-order valence-electron chi connectivity index (χ1n) is 6.88. The van der Waals surface area contributed by atoms with Crippen LogP contribution < -0.4 is 5.73 Å². The molecule has 2 atom stereocenters. The van der Waals surface area contributed by atoms with Crippen LogP contribution in [0.4, 0.5) is 0 Å². The van der Waals surface area contributed by atoms with E-state index in [2.05, 4.69) is 11.1 Å². The number of amides is 1. The standard InChI is InChI=1S/C14H23N3O/c1-11(5-2-8-15)14(18)17-10-4-7-13(17)12-6-3-9-16-12/h3,6,9,11,13,16H,2,4-5,7-8,10,15H2,1H3. The zero-order valence-corrected chi connectivity index (χ0v) is 11.1. The van der Waals surface area contributed by atoms with Gasteiger partial charge in [0.15, 0.2) is 0 Å². The lowest BCUT2D eigenvalue weighted by Gasteiger charge is -2.27. The van der Waals surface area contributed by atoms with Crippen LogP contribution in [0.2, 0.25) is 0 Å². The fraction of sp³-hybridized carbons (Fsp3) is 0.643. The maximum absolute atomic E-state index is 12.4. The van der Waals surface area contributed by atoms with Gasteiger partial charge in [-0.15, -0.1) is 0 Å². The molecule has 0 aliphatic carbocycles. The third-order valence-corrected chi connectivity index (χ3v) is 3.78. The monoisotopic (exact) mass is 249 g/mol. The van der Waals surface area contributed by atoms with Gasteiger partial charge in [0.05, 0.1) is 6.04 Å². The van der Waals surface area contributed by atoms with E-state index < -0.39 is 0 Å². The summed E-state index contributed by atoms with van der Waals surface area (Å²) >= 11 is 0. The predicted molar refractivity (Wildman–Crippen MR) is 71.9 cm³/mol. The summed E-state index contributed by atoms with van der Waals surface area (Å²) in [5, 5.41) is 0. The zero-order valence-electron chi connectivity index (χ0n) is 11.1. The number of H-pyrrole nitrogens is 1. The quantitative estimate of drug-likeness (QED) is 0.839. The molecule has 1 aromatic rings. The molecule has 1 aliphatic rings. The van der Waals surface area contributed by atoms with E-state index in [0.717, 1.165) is 37.9 Å². The van der Waals surface area contributed by atoms with Crippen LogP contribution in [0, 0.1) is 5.92 Å². The van der Waals surface area contributed by atoms with Gasteiger partial charge >= 0.3 is 0 Å². The van der Waals surface area contributed by atoms with Gasteiger partial charge in [0.2, 0.25) is 5.91 Å². The number of hydrogen-bond donors (Lipinski definition) is 2. The van der Waals surface area contributed by atoms with E-state index in [0.29, 0.717) is 6.54 Å². The van der Waals surface area contributed by atoms with Gasteiger partial charge in [-0.25, -0.2) is 0 Å². The van der Waals surface area contributed by atoms with Crippen molar-refractivity contribution in [1.82, 2.24) is 9.88 Å². The highest BCUT2D eigenvalue weighted by Gasteiger charge is 2.32. The first kappa shape index (κ1) is 13.1. The molecular formula is C14H23N3O. The van der Waals surface area contributed by atoms with Gasteiger partial charge in [-0.2, -0.15) is 0 Å². The molecule has 100 valence electrons. The van der Waals surface area contributed by atoms with Crippen LogP contribution >= 0.6 is 0 Å². The van der Waals surface area contributed by atoms with Crippen LogP contribution in [-0.4, -0.2) is 28.9 Å². The summed E-state index contributed by atoms with van der Waals surface area (Å²) in [6.45, 7) is 3.56. The molecule has 1 fully saturated rings. The molecule has 0 saturated carbocycles. The van der Waals surface area contributed by atoms with Crippen LogP contribution in [0.15, 0.2) is 18.3 Å². The van der Waals surface area contributed by atoms with Crippen molar-refractivity contribution in [3.8, 4) is 0 Å². The fourth-order valence-corrected chi connectivity index (χ4v) is 2.74. The molecule has 4 nitrogen and oxygen atoms in total. The summed E-state index contributed by atoms with van der Waals surface area (Å²) < 4.78 is 0. The highest BCUT2D eigenvalue weighted by atomic mass is 16.2. The van der Waals surface area contributed by atoms with Crippen LogP contribution in [0.3, 0.4) is 0 Å². The van der Waals surface area contributed by atoms with E-state index in [4.69, 9.17) is 5.73 Å². The molecule has 4 heteroatoms. The molecule has 3 N–H and O–H groups in total. The molecule has 1 saturated heterocycles. The van der Waals surface area contributed by atoms with E-state index in [1.165, 1.54) is 0 Å². The van der Waals surface area contributed by atoms with Crippen molar-refractivity contribution in [2.24, 2.45) is 11.7 Å². The molecular weight excluding hydrogens is 226 g/mol. The molecule has 1 aromatic heterocycles.